The average Bonchev–Trinajstić information content (AvgIpc) is 2.95. The minimum Gasteiger partial charge on any atom is -0.483 e. The van der Waals surface area contributed by atoms with E-state index in [-0.39, 0.29) is 25.0 Å². The monoisotopic (exact) mass is 339 g/mol. The molecule has 1 aliphatic rings. The number of nitrogens with zero attached hydrogens (tertiary/aromatic N) is 2. The highest BCUT2D eigenvalue weighted by Crippen LogP contribution is 2.18. The zero-order valence-electron chi connectivity index (χ0n) is 14.7. The van der Waals surface area contributed by atoms with Gasteiger partial charge in [0.2, 0.25) is 0 Å². The summed E-state index contributed by atoms with van der Waals surface area (Å²) in [4.78, 5) is 28.3. The van der Waals surface area contributed by atoms with Gasteiger partial charge in [0.1, 0.15) is 0 Å². The molecule has 1 unspecified atom stereocenters. The molecular formula is C17H29N3O4. The summed E-state index contributed by atoms with van der Waals surface area (Å²) in [6, 6.07) is 2.11. The molecule has 1 amide bonds. The largest absolute Gasteiger partial charge is 0.483 e. The summed E-state index contributed by atoms with van der Waals surface area (Å²) < 4.78 is 0. The molecule has 0 bridgehead atoms. The van der Waals surface area contributed by atoms with Crippen molar-refractivity contribution in [3.63, 3.8) is 0 Å². The van der Waals surface area contributed by atoms with Crippen molar-refractivity contribution in [1.82, 2.24) is 14.8 Å². The molecule has 7 heteroatoms. The number of hydrogen-bond donors (Lipinski definition) is 3. The fraction of sp³-hybridized carbons (Fsp3) is 0.647. The summed E-state index contributed by atoms with van der Waals surface area (Å²) in [6.45, 7) is 9.63. The standard InChI is InChI=1S/C16H27N3O2.CH2O2/c1-12(2)10-18-7-8-19(11-14(18)5-9-20)16(21)15-4-6-17-13(15)3;2-1-3/h4,6,12,14,17,20H,5,7-11H2,1-3H3;1H,(H,2,3). The molecular weight excluding hydrogens is 310 g/mol. The van der Waals surface area contributed by atoms with E-state index in [4.69, 9.17) is 9.90 Å². The predicted molar refractivity (Wildman–Crippen MR) is 92.0 cm³/mol. The fourth-order valence-electron chi connectivity index (χ4n) is 3.06. The quantitative estimate of drug-likeness (QED) is 0.700. The van der Waals surface area contributed by atoms with Gasteiger partial charge in [-0.25, -0.2) is 0 Å². The summed E-state index contributed by atoms with van der Waals surface area (Å²) in [5.41, 5.74) is 1.68. The van der Waals surface area contributed by atoms with Gasteiger partial charge in [0.05, 0.1) is 5.56 Å². The Kier molecular flexibility index (Phi) is 8.49. The molecule has 7 nitrogen and oxygen atoms in total. The average molecular weight is 339 g/mol. The number of aliphatic hydroxyl groups is 1. The van der Waals surface area contributed by atoms with E-state index in [0.717, 1.165) is 37.3 Å². The van der Waals surface area contributed by atoms with Crippen molar-refractivity contribution in [2.24, 2.45) is 5.92 Å². The van der Waals surface area contributed by atoms with Gasteiger partial charge in [-0.15, -0.1) is 0 Å². The first kappa shape index (κ1) is 20.2. The van der Waals surface area contributed by atoms with E-state index >= 15 is 0 Å². The normalized spacial score (nSPS) is 18.2. The van der Waals surface area contributed by atoms with Gasteiger partial charge in [-0.2, -0.15) is 0 Å². The highest BCUT2D eigenvalue weighted by atomic mass is 16.3. The zero-order valence-corrected chi connectivity index (χ0v) is 14.7. The maximum absolute atomic E-state index is 12.6. The number of H-pyrrole nitrogens is 1. The lowest BCUT2D eigenvalue weighted by molar-refractivity contribution is -0.122. The van der Waals surface area contributed by atoms with Crippen LogP contribution in [0, 0.1) is 12.8 Å². The number of nitrogens with one attached hydrogen (secondary N) is 1. The second-order valence-corrected chi connectivity index (χ2v) is 6.43. The van der Waals surface area contributed by atoms with Crippen molar-refractivity contribution in [1.29, 1.82) is 0 Å². The Morgan fingerprint density at radius 2 is 2.12 bits per heavy atom. The molecule has 0 aromatic carbocycles. The minimum atomic E-state index is -0.250. The summed E-state index contributed by atoms with van der Waals surface area (Å²) in [7, 11) is 0. The van der Waals surface area contributed by atoms with Crippen LogP contribution < -0.4 is 0 Å². The van der Waals surface area contributed by atoms with Crippen molar-refractivity contribution in [2.45, 2.75) is 33.2 Å². The van der Waals surface area contributed by atoms with E-state index in [0.29, 0.717) is 12.5 Å². The van der Waals surface area contributed by atoms with Crippen molar-refractivity contribution in [2.75, 3.05) is 32.8 Å². The predicted octanol–water partition coefficient (Wildman–Crippen LogP) is 1.19. The maximum atomic E-state index is 12.6. The Morgan fingerprint density at radius 3 is 2.62 bits per heavy atom. The van der Waals surface area contributed by atoms with Gasteiger partial charge in [0.15, 0.2) is 0 Å². The van der Waals surface area contributed by atoms with Crippen LogP contribution in [0.1, 0.15) is 36.3 Å². The molecule has 0 aliphatic carbocycles. The minimum absolute atomic E-state index is 0.0980. The van der Waals surface area contributed by atoms with Gasteiger partial charge >= 0.3 is 0 Å². The number of amides is 1. The molecule has 24 heavy (non-hydrogen) atoms. The smallest absolute Gasteiger partial charge is 0.290 e. The number of piperazine rings is 1. The number of aromatic amines is 1. The van der Waals surface area contributed by atoms with Crippen LogP contribution in [0.3, 0.4) is 0 Å². The summed E-state index contributed by atoms with van der Waals surface area (Å²) in [5.74, 6) is 0.696. The Bertz CT molecular complexity index is 516. The molecule has 2 rings (SSSR count). The molecule has 1 aromatic rings. The maximum Gasteiger partial charge on any atom is 0.290 e. The Balaban J connectivity index is 0.000000891. The molecule has 1 aliphatic heterocycles. The fourth-order valence-corrected chi connectivity index (χ4v) is 3.06. The summed E-state index contributed by atoms with van der Waals surface area (Å²) in [5, 5.41) is 16.2. The van der Waals surface area contributed by atoms with Crippen molar-refractivity contribution in [3.05, 3.63) is 23.5 Å². The van der Waals surface area contributed by atoms with E-state index in [2.05, 4.69) is 23.7 Å². The number of aromatic nitrogens is 1. The highest BCUT2D eigenvalue weighted by molar-refractivity contribution is 5.95. The van der Waals surface area contributed by atoms with Crippen LogP contribution in [0.25, 0.3) is 0 Å². The summed E-state index contributed by atoms with van der Waals surface area (Å²) >= 11 is 0. The van der Waals surface area contributed by atoms with Gasteiger partial charge in [0, 0.05) is 50.7 Å². The Morgan fingerprint density at radius 1 is 1.46 bits per heavy atom. The molecule has 1 atom stereocenters. The second-order valence-electron chi connectivity index (χ2n) is 6.43. The van der Waals surface area contributed by atoms with Gasteiger partial charge in [-0.1, -0.05) is 13.8 Å². The topological polar surface area (TPSA) is 96.9 Å². The first-order valence-corrected chi connectivity index (χ1v) is 8.30. The first-order valence-electron chi connectivity index (χ1n) is 8.30. The number of hydrogen-bond acceptors (Lipinski definition) is 4. The van der Waals surface area contributed by atoms with Crippen LogP contribution in [0.5, 0.6) is 0 Å². The molecule has 1 aromatic heterocycles. The number of carboxylic acid groups (broad SMARTS) is 1. The van der Waals surface area contributed by atoms with Crippen LogP contribution in [-0.4, -0.2) is 76.2 Å². The van der Waals surface area contributed by atoms with E-state index < -0.39 is 0 Å². The van der Waals surface area contributed by atoms with E-state index in [9.17, 15) is 9.90 Å². The molecule has 0 radical (unpaired) electrons. The van der Waals surface area contributed by atoms with Crippen LogP contribution in [0.4, 0.5) is 0 Å². The number of carbonyl (C=O) groups is 2. The van der Waals surface area contributed by atoms with Crippen LogP contribution in [0.15, 0.2) is 12.3 Å². The molecule has 1 saturated heterocycles. The van der Waals surface area contributed by atoms with Crippen molar-refractivity contribution >= 4 is 12.4 Å². The van der Waals surface area contributed by atoms with Crippen molar-refractivity contribution in [3.8, 4) is 0 Å². The lowest BCUT2D eigenvalue weighted by atomic mass is 10.1. The second kappa shape index (κ2) is 10.1. The van der Waals surface area contributed by atoms with Gasteiger partial charge < -0.3 is 20.1 Å². The van der Waals surface area contributed by atoms with E-state index in [1.54, 1.807) is 0 Å². The third-order valence-corrected chi connectivity index (χ3v) is 4.14. The Hall–Kier alpha value is -1.86. The molecule has 0 spiro atoms. The number of carbonyl (C=O) groups excluding carboxylic acids is 1. The van der Waals surface area contributed by atoms with E-state index in [1.165, 1.54) is 0 Å². The Labute approximate surface area is 143 Å². The van der Waals surface area contributed by atoms with Crippen LogP contribution in [-0.2, 0) is 4.79 Å². The molecule has 0 saturated carbocycles. The van der Waals surface area contributed by atoms with Gasteiger partial charge in [-0.05, 0) is 25.3 Å². The SMILES string of the molecule is Cc1[nH]ccc1C(=O)N1CCN(CC(C)C)C(CCO)C1.O=CO. The van der Waals surface area contributed by atoms with Crippen molar-refractivity contribution < 1.29 is 19.8 Å². The summed E-state index contributed by atoms with van der Waals surface area (Å²) in [6.07, 6.45) is 2.53. The zero-order chi connectivity index (χ0) is 18.1. The van der Waals surface area contributed by atoms with Gasteiger partial charge in [0.25, 0.3) is 12.4 Å². The third-order valence-electron chi connectivity index (χ3n) is 4.14. The number of aliphatic hydroxyl groups excluding tert-OH is 1. The molecule has 1 fully saturated rings. The lowest BCUT2D eigenvalue weighted by Gasteiger charge is -2.42. The van der Waals surface area contributed by atoms with Crippen LogP contribution in [0.2, 0.25) is 0 Å². The molecule has 136 valence electrons. The molecule has 2 heterocycles. The first-order chi connectivity index (χ1) is 11.4. The number of rotatable bonds is 5. The third kappa shape index (κ3) is 5.65. The lowest BCUT2D eigenvalue weighted by Crippen LogP contribution is -2.55. The van der Waals surface area contributed by atoms with E-state index in [1.807, 2.05) is 24.1 Å². The molecule has 3 N–H and O–H groups in total. The van der Waals surface area contributed by atoms with Crippen LogP contribution >= 0.6 is 0 Å². The van der Waals surface area contributed by atoms with Gasteiger partial charge in [-0.3, -0.25) is 14.5 Å². The number of aryl methyl sites for hydroxylation is 1. The highest BCUT2D eigenvalue weighted by Gasteiger charge is 2.30.